The van der Waals surface area contributed by atoms with Crippen LogP contribution in [-0.2, 0) is 45.0 Å². The van der Waals surface area contributed by atoms with Crippen LogP contribution in [0.5, 0.6) is 0 Å². The first-order valence-electron chi connectivity index (χ1n) is 16.1. The van der Waals surface area contributed by atoms with Crippen LogP contribution in [0.15, 0.2) is 48.5 Å². The van der Waals surface area contributed by atoms with Crippen LogP contribution in [0.4, 0.5) is 5.82 Å². The second-order valence-corrected chi connectivity index (χ2v) is 12.2. The van der Waals surface area contributed by atoms with Crippen molar-refractivity contribution in [2.75, 3.05) is 39.0 Å². The van der Waals surface area contributed by atoms with E-state index in [-0.39, 0.29) is 30.5 Å². The van der Waals surface area contributed by atoms with E-state index in [0.29, 0.717) is 32.0 Å². The second kappa shape index (κ2) is 14.8. The normalized spacial score (nSPS) is 17.2. The predicted octanol–water partition coefficient (Wildman–Crippen LogP) is 4.75. The van der Waals surface area contributed by atoms with E-state index in [1.54, 1.807) is 0 Å². The zero-order chi connectivity index (χ0) is 31.9. The van der Waals surface area contributed by atoms with Crippen molar-refractivity contribution in [2.24, 2.45) is 0 Å². The van der Waals surface area contributed by atoms with Gasteiger partial charge in [0.1, 0.15) is 11.3 Å². The standard InChI is InChI=1S/C35H46N6O4/c1-5-6-15-30-38-33-34(28-13-7-8-14-29(28)37-35(33)36)41(30)17-10-16-40(31(42)23-39-20-24(2)45-25(3)21-39)22-27-12-9-11-26(18-27)19-32(43)44-4/h7-9,11-14,18,24-25H,5-6,10,15-17,19-23H2,1-4H3,(H2,36,37)/t24-,25+. The van der Waals surface area contributed by atoms with E-state index in [2.05, 4.69) is 41.3 Å². The zero-order valence-electron chi connectivity index (χ0n) is 27.0. The highest BCUT2D eigenvalue weighted by molar-refractivity contribution is 6.06. The number of aromatic nitrogens is 3. The van der Waals surface area contributed by atoms with Gasteiger partial charge in [-0.05, 0) is 43.9 Å². The van der Waals surface area contributed by atoms with E-state index in [9.17, 15) is 9.59 Å². The van der Waals surface area contributed by atoms with Crippen LogP contribution < -0.4 is 5.73 Å². The molecule has 0 bridgehead atoms. The number of anilines is 1. The van der Waals surface area contributed by atoms with Crippen LogP contribution in [0, 0.1) is 0 Å². The van der Waals surface area contributed by atoms with Crippen LogP contribution in [0.3, 0.4) is 0 Å². The molecule has 0 saturated carbocycles. The van der Waals surface area contributed by atoms with E-state index in [1.165, 1.54) is 7.11 Å². The van der Waals surface area contributed by atoms with E-state index >= 15 is 0 Å². The highest BCUT2D eigenvalue weighted by Crippen LogP contribution is 2.29. The number of carbonyl (C=O) groups is 2. The van der Waals surface area contributed by atoms with Gasteiger partial charge in [-0.1, -0.05) is 55.8 Å². The Balaban J connectivity index is 1.40. The average Bonchev–Trinajstić information content (AvgIpc) is 3.38. The number of amides is 1. The highest BCUT2D eigenvalue weighted by atomic mass is 16.5. The fourth-order valence-corrected chi connectivity index (χ4v) is 6.39. The Kier molecular flexibility index (Phi) is 10.7. The largest absolute Gasteiger partial charge is 0.469 e. The number of fused-ring (bicyclic) bond motifs is 3. The Bertz CT molecular complexity index is 1630. The number of para-hydroxylation sites is 1. The monoisotopic (exact) mass is 614 g/mol. The molecule has 2 aromatic heterocycles. The van der Waals surface area contributed by atoms with E-state index < -0.39 is 0 Å². The molecule has 2 atom stereocenters. The fraction of sp³-hybridized carbons (Fsp3) is 0.486. The van der Waals surface area contributed by atoms with Crippen LogP contribution in [0.1, 0.15) is 57.0 Å². The van der Waals surface area contributed by atoms with Gasteiger partial charge >= 0.3 is 5.97 Å². The van der Waals surface area contributed by atoms with Gasteiger partial charge in [0, 0.05) is 44.5 Å². The third kappa shape index (κ3) is 7.99. The van der Waals surface area contributed by atoms with Gasteiger partial charge in [0.15, 0.2) is 5.82 Å². The van der Waals surface area contributed by atoms with Gasteiger partial charge < -0.3 is 24.7 Å². The minimum atomic E-state index is -0.287. The summed E-state index contributed by atoms with van der Waals surface area (Å²) < 4.78 is 13.1. The van der Waals surface area contributed by atoms with Gasteiger partial charge in [0.2, 0.25) is 5.91 Å². The number of nitrogens with zero attached hydrogens (tertiary/aromatic N) is 5. The number of hydrogen-bond donors (Lipinski definition) is 1. The summed E-state index contributed by atoms with van der Waals surface area (Å²) in [6.45, 7) is 9.79. The van der Waals surface area contributed by atoms with Gasteiger partial charge in [-0.25, -0.2) is 9.97 Å². The SMILES string of the molecule is CCCCc1nc2c(N)nc3ccccc3c2n1CCCN(Cc1cccc(CC(=O)OC)c1)C(=O)CN1C[C@@H](C)O[C@@H](C)C1. The van der Waals surface area contributed by atoms with Crippen molar-refractivity contribution in [3.8, 4) is 0 Å². The smallest absolute Gasteiger partial charge is 0.309 e. The number of hydrogen-bond acceptors (Lipinski definition) is 8. The third-order valence-corrected chi connectivity index (χ3v) is 8.40. The number of benzene rings is 2. The lowest BCUT2D eigenvalue weighted by molar-refractivity contribution is -0.140. The lowest BCUT2D eigenvalue weighted by atomic mass is 10.1. The van der Waals surface area contributed by atoms with E-state index in [4.69, 9.17) is 20.2 Å². The second-order valence-electron chi connectivity index (χ2n) is 12.2. The first kappa shape index (κ1) is 32.4. The number of esters is 1. The summed E-state index contributed by atoms with van der Waals surface area (Å²) >= 11 is 0. The molecular formula is C35H46N6O4. The molecule has 2 N–H and O–H groups in total. The summed E-state index contributed by atoms with van der Waals surface area (Å²) in [7, 11) is 1.39. The van der Waals surface area contributed by atoms with Gasteiger partial charge in [-0.15, -0.1) is 0 Å². The Morgan fingerprint density at radius 3 is 2.56 bits per heavy atom. The number of nitrogen functional groups attached to an aromatic ring is 1. The summed E-state index contributed by atoms with van der Waals surface area (Å²) in [6, 6.07) is 15.9. The van der Waals surface area contributed by atoms with Crippen molar-refractivity contribution in [1.82, 2.24) is 24.3 Å². The lowest BCUT2D eigenvalue weighted by Gasteiger charge is -2.36. The Morgan fingerprint density at radius 1 is 1.04 bits per heavy atom. The summed E-state index contributed by atoms with van der Waals surface area (Å²) in [5.74, 6) is 1.24. The molecular weight excluding hydrogens is 568 g/mol. The number of rotatable bonds is 13. The maximum atomic E-state index is 13.9. The number of ether oxygens (including phenoxy) is 2. The molecule has 1 fully saturated rings. The minimum absolute atomic E-state index is 0.0789. The van der Waals surface area contributed by atoms with Crippen LogP contribution >= 0.6 is 0 Å². The number of imidazole rings is 1. The van der Waals surface area contributed by atoms with Crippen LogP contribution in [-0.4, -0.2) is 81.7 Å². The Hall–Kier alpha value is -4.02. The molecule has 0 radical (unpaired) electrons. The van der Waals surface area contributed by atoms with Crippen molar-refractivity contribution in [3.05, 3.63) is 65.5 Å². The molecule has 5 rings (SSSR count). The van der Waals surface area contributed by atoms with E-state index in [0.717, 1.165) is 77.7 Å². The van der Waals surface area contributed by atoms with Crippen molar-refractivity contribution in [1.29, 1.82) is 0 Å². The summed E-state index contributed by atoms with van der Waals surface area (Å²) in [6.07, 6.45) is 4.04. The van der Waals surface area contributed by atoms with Crippen molar-refractivity contribution < 1.29 is 19.1 Å². The Morgan fingerprint density at radius 2 is 1.80 bits per heavy atom. The van der Waals surface area contributed by atoms with Crippen LogP contribution in [0.2, 0.25) is 0 Å². The number of unbranched alkanes of at least 4 members (excludes halogenated alkanes) is 1. The first-order chi connectivity index (χ1) is 21.7. The first-order valence-corrected chi connectivity index (χ1v) is 16.1. The topological polar surface area (TPSA) is 116 Å². The molecule has 0 unspecified atom stereocenters. The molecule has 10 heteroatoms. The maximum Gasteiger partial charge on any atom is 0.309 e. The minimum Gasteiger partial charge on any atom is -0.469 e. The highest BCUT2D eigenvalue weighted by Gasteiger charge is 2.26. The summed E-state index contributed by atoms with van der Waals surface area (Å²) in [5, 5.41) is 1.03. The average molecular weight is 615 g/mol. The molecule has 45 heavy (non-hydrogen) atoms. The molecule has 1 aliphatic heterocycles. The number of nitrogens with two attached hydrogens (primary N) is 1. The molecule has 3 heterocycles. The van der Waals surface area contributed by atoms with Crippen LogP contribution in [0.25, 0.3) is 21.9 Å². The third-order valence-electron chi connectivity index (χ3n) is 8.40. The van der Waals surface area contributed by atoms with Crippen molar-refractivity contribution >= 4 is 39.6 Å². The molecule has 2 aromatic carbocycles. The molecule has 0 spiro atoms. The van der Waals surface area contributed by atoms with Gasteiger partial charge in [0.05, 0.1) is 43.3 Å². The maximum absolute atomic E-state index is 13.9. The number of carbonyl (C=O) groups excluding carboxylic acids is 2. The number of morpholine rings is 1. The summed E-state index contributed by atoms with van der Waals surface area (Å²) in [4.78, 5) is 39.5. The predicted molar refractivity (Wildman–Crippen MR) is 177 cm³/mol. The summed E-state index contributed by atoms with van der Waals surface area (Å²) in [5.41, 5.74) is 10.9. The van der Waals surface area contributed by atoms with Gasteiger partial charge in [-0.2, -0.15) is 0 Å². The Labute approximate surface area is 265 Å². The van der Waals surface area contributed by atoms with Gasteiger partial charge in [-0.3, -0.25) is 14.5 Å². The van der Waals surface area contributed by atoms with Gasteiger partial charge in [0.25, 0.3) is 0 Å². The number of pyridine rings is 1. The van der Waals surface area contributed by atoms with E-state index in [1.807, 2.05) is 47.4 Å². The molecule has 1 aliphatic rings. The lowest BCUT2D eigenvalue weighted by Crippen LogP contribution is -2.49. The molecule has 10 nitrogen and oxygen atoms in total. The zero-order valence-corrected chi connectivity index (χ0v) is 27.0. The molecule has 1 amide bonds. The quantitative estimate of drug-likeness (QED) is 0.215. The molecule has 0 aliphatic carbocycles. The molecule has 4 aromatic rings. The molecule has 1 saturated heterocycles. The van der Waals surface area contributed by atoms with Crippen molar-refractivity contribution in [3.63, 3.8) is 0 Å². The molecule has 240 valence electrons. The van der Waals surface area contributed by atoms with Crippen molar-refractivity contribution in [2.45, 2.75) is 78.2 Å². The fourth-order valence-electron chi connectivity index (χ4n) is 6.39. The number of methoxy groups -OCH3 is 1. The number of aryl methyl sites for hydroxylation is 2.